The highest BCUT2D eigenvalue weighted by Gasteiger charge is 2.25. The van der Waals surface area contributed by atoms with Crippen molar-refractivity contribution < 1.29 is 33.4 Å². The monoisotopic (exact) mass is 549 g/mol. The summed E-state index contributed by atoms with van der Waals surface area (Å²) in [5.74, 6) is -2.80. The first-order valence-corrected chi connectivity index (χ1v) is 12.5. The van der Waals surface area contributed by atoms with Gasteiger partial charge in [-0.2, -0.15) is 0 Å². The highest BCUT2D eigenvalue weighted by molar-refractivity contribution is 6.07. The number of aromatic nitrogens is 1. The first-order chi connectivity index (χ1) is 19.2. The molecule has 2 heterocycles. The van der Waals surface area contributed by atoms with Crippen molar-refractivity contribution in [1.82, 2.24) is 15.2 Å². The summed E-state index contributed by atoms with van der Waals surface area (Å²) in [5.41, 5.74) is 1.68. The van der Waals surface area contributed by atoms with Crippen molar-refractivity contribution in [3.63, 3.8) is 0 Å². The lowest BCUT2D eigenvalue weighted by Crippen LogP contribution is -2.49. The Hall–Kier alpha value is -5.00. The second-order valence-corrected chi connectivity index (χ2v) is 9.05. The third-order valence-corrected chi connectivity index (χ3v) is 6.42. The minimum absolute atomic E-state index is 0.0921. The van der Waals surface area contributed by atoms with Crippen LogP contribution >= 0.6 is 0 Å². The van der Waals surface area contributed by atoms with E-state index in [1.165, 1.54) is 37.6 Å². The fourth-order valence-electron chi connectivity index (χ4n) is 4.39. The molecule has 3 aromatic rings. The van der Waals surface area contributed by atoms with Crippen LogP contribution in [0.15, 0.2) is 67.0 Å². The van der Waals surface area contributed by atoms with Gasteiger partial charge in [-0.3, -0.25) is 19.4 Å². The van der Waals surface area contributed by atoms with Gasteiger partial charge in [0.05, 0.1) is 30.9 Å². The topological polar surface area (TPSA) is 141 Å². The van der Waals surface area contributed by atoms with Crippen molar-refractivity contribution in [2.45, 2.75) is 12.5 Å². The number of methoxy groups -OCH3 is 1. The molecule has 0 bridgehead atoms. The van der Waals surface area contributed by atoms with E-state index in [-0.39, 0.29) is 17.5 Å². The average molecular weight is 550 g/mol. The largest absolute Gasteiger partial charge is 0.481 e. The average Bonchev–Trinajstić information content (AvgIpc) is 2.96. The maximum Gasteiger partial charge on any atom is 0.409 e. The summed E-state index contributed by atoms with van der Waals surface area (Å²) in [7, 11) is 1.31. The molecule has 4 rings (SSSR count). The second kappa shape index (κ2) is 12.7. The minimum Gasteiger partial charge on any atom is -0.481 e. The Morgan fingerprint density at radius 2 is 1.75 bits per heavy atom. The van der Waals surface area contributed by atoms with E-state index in [0.29, 0.717) is 43.1 Å². The molecule has 2 aromatic carbocycles. The molecule has 40 heavy (non-hydrogen) atoms. The van der Waals surface area contributed by atoms with Gasteiger partial charge in [0.25, 0.3) is 11.8 Å². The molecule has 0 aliphatic carbocycles. The van der Waals surface area contributed by atoms with Gasteiger partial charge in [0, 0.05) is 49.7 Å². The fraction of sp³-hybridized carbons (Fsp3) is 0.250. The summed E-state index contributed by atoms with van der Waals surface area (Å²) in [6, 6.07) is 12.4. The number of nitrogens with one attached hydrogen (secondary N) is 2. The highest BCUT2D eigenvalue weighted by Crippen LogP contribution is 2.30. The number of halogens is 1. The summed E-state index contributed by atoms with van der Waals surface area (Å²) in [6.45, 7) is 1.64. The lowest BCUT2D eigenvalue weighted by Gasteiger charge is -2.36. The highest BCUT2D eigenvalue weighted by atomic mass is 19.1. The number of hydrogen-bond donors (Lipinski definition) is 3. The summed E-state index contributed by atoms with van der Waals surface area (Å²) in [6.07, 6.45) is 2.23. The number of hydrogen-bond acceptors (Lipinski definition) is 7. The van der Waals surface area contributed by atoms with Gasteiger partial charge in [-0.15, -0.1) is 0 Å². The summed E-state index contributed by atoms with van der Waals surface area (Å²) in [4.78, 5) is 57.1. The summed E-state index contributed by atoms with van der Waals surface area (Å²) >= 11 is 0. The molecule has 12 heteroatoms. The van der Waals surface area contributed by atoms with Crippen molar-refractivity contribution in [1.29, 1.82) is 0 Å². The number of pyridine rings is 1. The number of anilines is 2. The third-order valence-electron chi connectivity index (χ3n) is 6.42. The van der Waals surface area contributed by atoms with Crippen LogP contribution in [-0.2, 0) is 9.53 Å². The fourth-order valence-corrected chi connectivity index (χ4v) is 4.39. The molecule has 1 aromatic heterocycles. The maximum atomic E-state index is 13.8. The molecule has 0 spiro atoms. The maximum absolute atomic E-state index is 13.8. The molecule has 1 unspecified atom stereocenters. The third kappa shape index (κ3) is 6.90. The van der Waals surface area contributed by atoms with E-state index >= 15 is 0 Å². The summed E-state index contributed by atoms with van der Waals surface area (Å²) < 4.78 is 18.6. The smallest absolute Gasteiger partial charge is 0.409 e. The van der Waals surface area contributed by atoms with Crippen LogP contribution in [-0.4, -0.2) is 72.2 Å². The molecule has 1 aliphatic rings. The van der Waals surface area contributed by atoms with Crippen molar-refractivity contribution in [2.75, 3.05) is 43.5 Å². The van der Waals surface area contributed by atoms with E-state index in [1.54, 1.807) is 35.4 Å². The van der Waals surface area contributed by atoms with E-state index in [0.717, 1.165) is 6.07 Å². The van der Waals surface area contributed by atoms with Crippen molar-refractivity contribution in [3.8, 4) is 0 Å². The van der Waals surface area contributed by atoms with Gasteiger partial charge in [0.2, 0.25) is 0 Å². The minimum atomic E-state index is -1.10. The van der Waals surface area contributed by atoms with E-state index in [2.05, 4.69) is 15.6 Å². The number of nitrogens with zero attached hydrogens (tertiary/aromatic N) is 3. The second-order valence-electron chi connectivity index (χ2n) is 9.05. The molecule has 1 atom stereocenters. The van der Waals surface area contributed by atoms with Gasteiger partial charge < -0.3 is 30.3 Å². The lowest BCUT2D eigenvalue weighted by atomic mass is 10.0. The normalized spacial score (nSPS) is 13.8. The zero-order valence-corrected chi connectivity index (χ0v) is 21.7. The molecule has 11 nitrogen and oxygen atoms in total. The molecule has 0 radical (unpaired) electrons. The Kier molecular flexibility index (Phi) is 8.89. The summed E-state index contributed by atoms with van der Waals surface area (Å²) in [5, 5.41) is 14.9. The molecule has 0 saturated carbocycles. The Morgan fingerprint density at radius 3 is 2.40 bits per heavy atom. The van der Waals surface area contributed by atoms with Crippen LogP contribution in [0.3, 0.4) is 0 Å². The molecule has 208 valence electrons. The van der Waals surface area contributed by atoms with Gasteiger partial charge in [0.15, 0.2) is 0 Å². The molecular weight excluding hydrogens is 521 g/mol. The zero-order valence-electron chi connectivity index (χ0n) is 21.7. The predicted molar refractivity (Wildman–Crippen MR) is 144 cm³/mol. The lowest BCUT2D eigenvalue weighted by molar-refractivity contribution is -0.137. The number of rotatable bonds is 8. The Bertz CT molecular complexity index is 1390. The number of carboxylic acid groups (broad SMARTS) is 1. The van der Waals surface area contributed by atoms with E-state index in [1.807, 2.05) is 4.90 Å². The SMILES string of the molecule is COC(=O)N1CCN(c2ccc(C(=O)NC(CC(=O)O)c3cccnc3)cc2NC(=O)c2cccc(F)c2)CC1. The van der Waals surface area contributed by atoms with Crippen LogP contribution in [0.1, 0.15) is 38.7 Å². The van der Waals surface area contributed by atoms with Gasteiger partial charge >= 0.3 is 12.1 Å². The molecular formula is C28H28FN5O6. The first-order valence-electron chi connectivity index (χ1n) is 12.5. The van der Waals surface area contributed by atoms with E-state index in [4.69, 9.17) is 4.74 Å². The van der Waals surface area contributed by atoms with Crippen LogP contribution in [0.5, 0.6) is 0 Å². The van der Waals surface area contributed by atoms with Gasteiger partial charge in [-0.25, -0.2) is 9.18 Å². The van der Waals surface area contributed by atoms with Gasteiger partial charge in [0.1, 0.15) is 5.82 Å². The molecule has 3 N–H and O–H groups in total. The standard InChI is InChI=1S/C28H28FN5O6/c1-40-28(39)34-12-10-33(11-13-34)24-8-7-19(15-23(24)32-26(37)18-4-2-6-21(29)14-18)27(38)31-22(16-25(35)36)20-5-3-9-30-17-20/h2-9,14-15,17,22H,10-13,16H2,1H3,(H,31,38)(H,32,37)(H,35,36). The van der Waals surface area contributed by atoms with Gasteiger partial charge in [-0.05, 0) is 48.0 Å². The number of ether oxygens (including phenoxy) is 1. The van der Waals surface area contributed by atoms with Crippen LogP contribution in [0, 0.1) is 5.82 Å². The predicted octanol–water partition coefficient (Wildman–Crippen LogP) is 3.31. The number of benzene rings is 2. The van der Waals surface area contributed by atoms with E-state index in [9.17, 15) is 28.7 Å². The zero-order chi connectivity index (χ0) is 28.6. The Labute approximate surface area is 229 Å². The molecule has 1 aliphatic heterocycles. The van der Waals surface area contributed by atoms with E-state index < -0.39 is 35.7 Å². The number of amides is 3. The number of carboxylic acids is 1. The van der Waals surface area contributed by atoms with Crippen LogP contribution in [0.4, 0.5) is 20.6 Å². The number of carbonyl (C=O) groups excluding carboxylic acids is 3. The molecule has 3 amide bonds. The quantitative estimate of drug-likeness (QED) is 0.389. The molecule has 1 fully saturated rings. The number of carbonyl (C=O) groups is 4. The molecule has 1 saturated heterocycles. The number of aliphatic carboxylic acids is 1. The van der Waals surface area contributed by atoms with Crippen molar-refractivity contribution in [2.24, 2.45) is 0 Å². The first kappa shape index (κ1) is 28.0. The van der Waals surface area contributed by atoms with Crippen LogP contribution < -0.4 is 15.5 Å². The van der Waals surface area contributed by atoms with Crippen molar-refractivity contribution >= 4 is 35.3 Å². The Balaban J connectivity index is 1.61. The van der Waals surface area contributed by atoms with Crippen LogP contribution in [0.2, 0.25) is 0 Å². The Morgan fingerprint density at radius 1 is 1.00 bits per heavy atom. The van der Waals surface area contributed by atoms with Crippen LogP contribution in [0.25, 0.3) is 0 Å². The number of piperazine rings is 1. The van der Waals surface area contributed by atoms with Crippen molar-refractivity contribution in [3.05, 3.63) is 89.5 Å². The van der Waals surface area contributed by atoms with Gasteiger partial charge in [-0.1, -0.05) is 12.1 Å².